The highest BCUT2D eigenvalue weighted by Crippen LogP contribution is 2.37. The predicted molar refractivity (Wildman–Crippen MR) is 131 cm³/mol. The summed E-state index contributed by atoms with van der Waals surface area (Å²) in [5.41, 5.74) is 7.46. The number of rotatable bonds is 7. The molecule has 0 spiro atoms. The highest BCUT2D eigenvalue weighted by atomic mass is 16.1. The average molecular weight is 439 g/mol. The summed E-state index contributed by atoms with van der Waals surface area (Å²) >= 11 is 0. The Morgan fingerprint density at radius 1 is 0.818 bits per heavy atom. The molecule has 0 N–H and O–H groups in total. The third-order valence-electron chi connectivity index (χ3n) is 6.85. The van der Waals surface area contributed by atoms with Crippen molar-refractivity contribution in [2.45, 2.75) is 39.5 Å². The monoisotopic (exact) mass is 438 g/mol. The molecule has 0 bridgehead atoms. The first-order chi connectivity index (χ1) is 15.9. The quantitative estimate of drug-likeness (QED) is 0.414. The predicted octanol–water partition coefficient (Wildman–Crippen LogP) is 6.17. The molecule has 3 aromatic rings. The summed E-state index contributed by atoms with van der Waals surface area (Å²) in [4.78, 5) is 45.4. The van der Waals surface area contributed by atoms with Gasteiger partial charge in [0.2, 0.25) is 0 Å². The van der Waals surface area contributed by atoms with Gasteiger partial charge in [-0.15, -0.1) is 0 Å². The average Bonchev–Trinajstić information content (AvgIpc) is 2.82. The van der Waals surface area contributed by atoms with Crippen LogP contribution in [0.25, 0.3) is 16.8 Å². The number of allylic oxidation sites excluding steroid dienone is 1. The summed E-state index contributed by atoms with van der Waals surface area (Å²) in [5.74, 6) is 0.578. The maximum absolute atomic E-state index is 11.4. The number of carbonyl (C=O) groups is 4. The van der Waals surface area contributed by atoms with Crippen molar-refractivity contribution >= 4 is 42.0 Å². The number of carbonyl (C=O) groups excluding carboxylic acids is 4. The molecule has 4 rings (SSSR count). The van der Waals surface area contributed by atoms with E-state index in [0.717, 1.165) is 65.4 Å². The van der Waals surface area contributed by atoms with Crippen molar-refractivity contribution in [3.63, 3.8) is 0 Å². The maximum Gasteiger partial charge on any atom is 0.150 e. The third kappa shape index (κ3) is 4.21. The van der Waals surface area contributed by atoms with E-state index in [-0.39, 0.29) is 5.92 Å². The second kappa shape index (κ2) is 9.07. The molecule has 3 aromatic carbocycles. The number of hydrogen-bond acceptors (Lipinski definition) is 4. The van der Waals surface area contributed by atoms with Crippen LogP contribution in [0.4, 0.5) is 0 Å². The largest absolute Gasteiger partial charge is 0.298 e. The minimum absolute atomic E-state index is 0.245. The Labute approximate surface area is 193 Å². The van der Waals surface area contributed by atoms with Crippen LogP contribution in [-0.2, 0) is 6.42 Å². The number of aldehydes is 4. The Balaban J connectivity index is 1.69. The Kier molecular flexibility index (Phi) is 6.19. The molecule has 4 nitrogen and oxygen atoms in total. The molecule has 0 radical (unpaired) electrons. The lowest BCUT2D eigenvalue weighted by atomic mass is 9.78. The molecule has 1 aliphatic carbocycles. The van der Waals surface area contributed by atoms with Crippen LogP contribution in [0.15, 0.2) is 42.0 Å². The Morgan fingerprint density at radius 2 is 1.36 bits per heavy atom. The summed E-state index contributed by atoms with van der Waals surface area (Å²) in [6.45, 7) is 6.47. The number of benzene rings is 3. The zero-order valence-electron chi connectivity index (χ0n) is 19.1. The fourth-order valence-electron chi connectivity index (χ4n) is 4.99. The molecule has 0 saturated carbocycles. The van der Waals surface area contributed by atoms with E-state index < -0.39 is 0 Å². The number of fused-ring (bicyclic) bond motifs is 2. The zero-order valence-corrected chi connectivity index (χ0v) is 19.1. The first-order valence-electron chi connectivity index (χ1n) is 11.1. The van der Waals surface area contributed by atoms with Crippen molar-refractivity contribution in [2.24, 2.45) is 5.92 Å². The Hall–Kier alpha value is -3.66. The van der Waals surface area contributed by atoms with Gasteiger partial charge < -0.3 is 0 Å². The zero-order chi connectivity index (χ0) is 23.7. The molecule has 0 aromatic heterocycles. The van der Waals surface area contributed by atoms with Gasteiger partial charge in [-0.1, -0.05) is 37.6 Å². The van der Waals surface area contributed by atoms with E-state index in [1.54, 1.807) is 12.1 Å². The van der Waals surface area contributed by atoms with Crippen molar-refractivity contribution in [1.29, 1.82) is 0 Å². The van der Waals surface area contributed by atoms with Gasteiger partial charge >= 0.3 is 0 Å². The van der Waals surface area contributed by atoms with E-state index in [2.05, 4.69) is 39.0 Å². The smallest absolute Gasteiger partial charge is 0.150 e. The summed E-state index contributed by atoms with van der Waals surface area (Å²) in [5, 5.41) is 1.89. The minimum atomic E-state index is 0.245. The van der Waals surface area contributed by atoms with Crippen LogP contribution in [0.5, 0.6) is 0 Å². The second-order valence-corrected chi connectivity index (χ2v) is 9.12. The molecular weight excluding hydrogens is 412 g/mol. The van der Waals surface area contributed by atoms with E-state index in [4.69, 9.17) is 0 Å². The van der Waals surface area contributed by atoms with Gasteiger partial charge in [-0.25, -0.2) is 0 Å². The van der Waals surface area contributed by atoms with Gasteiger partial charge in [0.05, 0.1) is 0 Å². The molecule has 0 fully saturated rings. The maximum atomic E-state index is 11.4. The molecule has 33 heavy (non-hydrogen) atoms. The van der Waals surface area contributed by atoms with Gasteiger partial charge in [0.15, 0.2) is 25.1 Å². The highest BCUT2D eigenvalue weighted by Gasteiger charge is 2.22. The van der Waals surface area contributed by atoms with Gasteiger partial charge in [0.25, 0.3) is 0 Å². The lowest BCUT2D eigenvalue weighted by Gasteiger charge is -2.27. The van der Waals surface area contributed by atoms with Gasteiger partial charge in [-0.3, -0.25) is 19.2 Å². The normalized spacial score (nSPS) is 16.0. The van der Waals surface area contributed by atoms with Gasteiger partial charge in [0, 0.05) is 22.3 Å². The van der Waals surface area contributed by atoms with Crippen molar-refractivity contribution in [2.75, 3.05) is 0 Å². The minimum Gasteiger partial charge on any atom is -0.298 e. The van der Waals surface area contributed by atoms with Gasteiger partial charge in [0.1, 0.15) is 0 Å². The summed E-state index contributed by atoms with van der Waals surface area (Å²) in [7, 11) is 0. The first kappa shape index (κ1) is 22.5. The van der Waals surface area contributed by atoms with E-state index in [1.807, 2.05) is 12.1 Å². The van der Waals surface area contributed by atoms with Gasteiger partial charge in [-0.2, -0.15) is 0 Å². The lowest BCUT2D eigenvalue weighted by Crippen LogP contribution is -2.13. The van der Waals surface area contributed by atoms with E-state index in [1.165, 1.54) is 11.1 Å². The molecule has 0 amide bonds. The van der Waals surface area contributed by atoms with Crippen LogP contribution in [-0.4, -0.2) is 25.1 Å². The number of hydrogen-bond donors (Lipinski definition) is 0. The molecule has 2 unspecified atom stereocenters. The van der Waals surface area contributed by atoms with Crippen LogP contribution >= 0.6 is 0 Å². The first-order valence-corrected chi connectivity index (χ1v) is 11.1. The standard InChI is InChI=1S/C29H26O4/c1-17-4-21-8-25(13-30)27(15-32)10-23(21)7-20(17)5-18(2)29-12-24-11-28(16-33)26(14-31)9-22(24)6-19(29)3/h6-18H,4-5H2,1-3H3. The molecule has 2 atom stereocenters. The Morgan fingerprint density at radius 3 is 1.97 bits per heavy atom. The van der Waals surface area contributed by atoms with E-state index in [0.29, 0.717) is 28.2 Å². The summed E-state index contributed by atoms with van der Waals surface area (Å²) < 4.78 is 0. The SMILES string of the molecule is Cc1cc2cc(C=O)c(C=O)cc2cc1C(C)CC1=Cc2cc(C=O)c(C=O)cc2CC1C. The molecule has 0 saturated heterocycles. The lowest BCUT2D eigenvalue weighted by molar-refractivity contribution is 0.109. The third-order valence-corrected chi connectivity index (χ3v) is 6.85. The van der Waals surface area contributed by atoms with Crippen LogP contribution in [0.2, 0.25) is 0 Å². The summed E-state index contributed by atoms with van der Waals surface area (Å²) in [6.07, 6.45) is 6.79. The highest BCUT2D eigenvalue weighted by molar-refractivity contribution is 5.99. The molecule has 0 heterocycles. The van der Waals surface area contributed by atoms with Crippen LogP contribution in [0.1, 0.15) is 89.9 Å². The van der Waals surface area contributed by atoms with E-state index >= 15 is 0 Å². The topological polar surface area (TPSA) is 68.3 Å². The van der Waals surface area contributed by atoms with Crippen LogP contribution < -0.4 is 0 Å². The van der Waals surface area contributed by atoms with Gasteiger partial charge in [-0.05, 0) is 88.9 Å². The fraction of sp³-hybridized carbons (Fsp3) is 0.241. The molecule has 4 heteroatoms. The van der Waals surface area contributed by atoms with Crippen molar-refractivity contribution in [3.05, 3.63) is 86.5 Å². The van der Waals surface area contributed by atoms with E-state index in [9.17, 15) is 19.2 Å². The molecule has 0 aliphatic heterocycles. The van der Waals surface area contributed by atoms with Crippen LogP contribution in [0.3, 0.4) is 0 Å². The second-order valence-electron chi connectivity index (χ2n) is 9.12. The molecule has 1 aliphatic rings. The Bertz CT molecular complexity index is 1330. The number of aryl methyl sites for hydroxylation is 1. The molecular formula is C29H26O4. The molecule has 166 valence electrons. The fourth-order valence-corrected chi connectivity index (χ4v) is 4.99. The van der Waals surface area contributed by atoms with Crippen LogP contribution in [0, 0.1) is 12.8 Å². The van der Waals surface area contributed by atoms with Crippen molar-refractivity contribution in [1.82, 2.24) is 0 Å². The van der Waals surface area contributed by atoms with Crippen molar-refractivity contribution < 1.29 is 19.2 Å². The summed E-state index contributed by atoms with van der Waals surface area (Å²) in [6, 6.07) is 11.4. The van der Waals surface area contributed by atoms with Crippen molar-refractivity contribution in [3.8, 4) is 0 Å².